The highest BCUT2D eigenvalue weighted by Crippen LogP contribution is 2.55. The predicted molar refractivity (Wildman–Crippen MR) is 146 cm³/mol. The lowest BCUT2D eigenvalue weighted by atomic mass is 9.68. The molecule has 2 aliphatic carbocycles. The van der Waals surface area contributed by atoms with Gasteiger partial charge in [-0.2, -0.15) is 0 Å². The van der Waals surface area contributed by atoms with E-state index in [9.17, 15) is 4.39 Å². The fourth-order valence-corrected chi connectivity index (χ4v) is 5.23. The molecule has 0 aliphatic heterocycles. The molecule has 3 atom stereocenters. The molecule has 0 saturated heterocycles. The van der Waals surface area contributed by atoms with Crippen molar-refractivity contribution in [3.63, 3.8) is 0 Å². The molecule has 2 aromatic rings. The monoisotopic (exact) mass is 464 g/mol. The summed E-state index contributed by atoms with van der Waals surface area (Å²) in [4.78, 5) is 0. The number of rotatable bonds is 6. The molecule has 0 heterocycles. The smallest absolute Gasteiger partial charge is 0.123 e. The van der Waals surface area contributed by atoms with E-state index in [0.29, 0.717) is 12.0 Å². The first-order chi connectivity index (χ1) is 16.3. The summed E-state index contributed by atoms with van der Waals surface area (Å²) in [7, 11) is 0. The molecule has 0 radical (unpaired) electrons. The Morgan fingerprint density at radius 3 is 2.26 bits per heavy atom. The molecule has 0 spiro atoms. The Hall–Kier alpha value is -2.39. The lowest BCUT2D eigenvalue weighted by Gasteiger charge is -2.38. The summed E-state index contributed by atoms with van der Waals surface area (Å²) in [6.07, 6.45) is 9.27. The van der Waals surface area contributed by atoms with Gasteiger partial charge < -0.3 is 11.1 Å². The Morgan fingerprint density at radius 2 is 1.71 bits per heavy atom. The SMILES string of the molecule is CC.CCCC(N)C[C@H]1CCC2=CC(Nc3ccc(F)cc3)=C(C)C[C@@]21C.Cc1ccccc1. The molecule has 3 N–H and O–H groups in total. The van der Waals surface area contributed by atoms with Gasteiger partial charge in [0, 0.05) is 17.4 Å². The summed E-state index contributed by atoms with van der Waals surface area (Å²) in [5, 5.41) is 3.48. The summed E-state index contributed by atoms with van der Waals surface area (Å²) < 4.78 is 13.1. The lowest BCUT2D eigenvalue weighted by molar-refractivity contribution is 0.236. The van der Waals surface area contributed by atoms with E-state index in [0.717, 1.165) is 31.4 Å². The third-order valence-electron chi connectivity index (χ3n) is 7.12. The second kappa shape index (κ2) is 13.5. The van der Waals surface area contributed by atoms with Crippen molar-refractivity contribution < 1.29 is 4.39 Å². The molecular formula is C31H45FN2. The van der Waals surface area contributed by atoms with E-state index in [-0.39, 0.29) is 11.2 Å². The summed E-state index contributed by atoms with van der Waals surface area (Å²) >= 11 is 0. The third-order valence-corrected chi connectivity index (χ3v) is 7.12. The maximum atomic E-state index is 13.1. The minimum Gasteiger partial charge on any atom is -0.356 e. The standard InChI is InChI=1S/C22H31FN2.C7H8.C2H6/c1-4-5-19(24)12-16-6-7-17-13-21(15(2)14-22(16,17)3)25-20-10-8-18(23)9-11-20;1-7-5-3-2-4-6-7;1-2/h8-11,13,16,19,25H,4-7,12,14,24H2,1-3H3;2-6H,1H3;1-2H3/t16-,19?,22-;;/m1../s1. The van der Waals surface area contributed by atoms with Crippen LogP contribution in [-0.2, 0) is 0 Å². The number of anilines is 1. The van der Waals surface area contributed by atoms with Crippen LogP contribution in [0.15, 0.2) is 77.5 Å². The van der Waals surface area contributed by atoms with Gasteiger partial charge in [0.05, 0.1) is 0 Å². The lowest BCUT2D eigenvalue weighted by Crippen LogP contribution is -2.32. The fraction of sp³-hybridized carbons (Fsp3) is 0.484. The van der Waals surface area contributed by atoms with E-state index in [2.05, 4.69) is 51.2 Å². The van der Waals surface area contributed by atoms with Crippen LogP contribution in [0.4, 0.5) is 10.1 Å². The third kappa shape index (κ3) is 7.56. The van der Waals surface area contributed by atoms with Crippen LogP contribution in [0.2, 0.25) is 0 Å². The van der Waals surface area contributed by atoms with Crippen LogP contribution in [0, 0.1) is 24.1 Å². The van der Waals surface area contributed by atoms with Crippen LogP contribution >= 0.6 is 0 Å². The Morgan fingerprint density at radius 1 is 1.06 bits per heavy atom. The maximum Gasteiger partial charge on any atom is 0.123 e. The van der Waals surface area contributed by atoms with Gasteiger partial charge in [0.2, 0.25) is 0 Å². The van der Waals surface area contributed by atoms with Crippen molar-refractivity contribution in [2.75, 3.05) is 5.32 Å². The minimum atomic E-state index is -0.201. The van der Waals surface area contributed by atoms with E-state index >= 15 is 0 Å². The Labute approximate surface area is 207 Å². The molecule has 3 heteroatoms. The van der Waals surface area contributed by atoms with Crippen molar-refractivity contribution in [3.8, 4) is 0 Å². The van der Waals surface area contributed by atoms with Crippen molar-refractivity contribution in [2.24, 2.45) is 17.1 Å². The molecule has 2 aromatic carbocycles. The van der Waals surface area contributed by atoms with Crippen LogP contribution < -0.4 is 11.1 Å². The molecule has 186 valence electrons. The second-order valence-corrected chi connectivity index (χ2v) is 9.76. The Balaban J connectivity index is 0.000000384. The van der Waals surface area contributed by atoms with Crippen LogP contribution in [-0.4, -0.2) is 6.04 Å². The van der Waals surface area contributed by atoms with Crippen LogP contribution in [0.5, 0.6) is 0 Å². The highest BCUT2D eigenvalue weighted by molar-refractivity contribution is 5.54. The number of benzene rings is 2. The second-order valence-electron chi connectivity index (χ2n) is 9.76. The van der Waals surface area contributed by atoms with Gasteiger partial charge in [0.15, 0.2) is 0 Å². The van der Waals surface area contributed by atoms with E-state index in [1.165, 1.54) is 41.8 Å². The van der Waals surface area contributed by atoms with Gasteiger partial charge in [-0.25, -0.2) is 4.39 Å². The van der Waals surface area contributed by atoms with E-state index in [1.807, 2.05) is 32.0 Å². The Kier molecular flexibility index (Phi) is 11.0. The first-order valence-electron chi connectivity index (χ1n) is 13.0. The van der Waals surface area contributed by atoms with Crippen LogP contribution in [0.1, 0.15) is 78.7 Å². The fourth-order valence-electron chi connectivity index (χ4n) is 5.23. The number of nitrogens with two attached hydrogens (primary N) is 1. The topological polar surface area (TPSA) is 38.0 Å². The molecule has 1 saturated carbocycles. The van der Waals surface area contributed by atoms with E-state index in [4.69, 9.17) is 5.73 Å². The number of allylic oxidation sites excluding steroid dienone is 3. The van der Waals surface area contributed by atoms with Gasteiger partial charge in [-0.15, -0.1) is 0 Å². The maximum absolute atomic E-state index is 13.1. The first kappa shape index (κ1) is 27.9. The summed E-state index contributed by atoms with van der Waals surface area (Å²) in [6, 6.07) is 17.2. The highest BCUT2D eigenvalue weighted by Gasteiger charge is 2.44. The van der Waals surface area contributed by atoms with E-state index in [1.54, 1.807) is 17.7 Å². The van der Waals surface area contributed by atoms with Gasteiger partial charge in [-0.3, -0.25) is 0 Å². The average molecular weight is 465 g/mol. The number of halogens is 1. The molecule has 1 unspecified atom stereocenters. The largest absolute Gasteiger partial charge is 0.356 e. The molecule has 0 aromatic heterocycles. The van der Waals surface area contributed by atoms with Crippen molar-refractivity contribution in [2.45, 2.75) is 86.1 Å². The molecule has 0 bridgehead atoms. The average Bonchev–Trinajstić information content (AvgIpc) is 3.12. The zero-order chi connectivity index (χ0) is 25.1. The quantitative estimate of drug-likeness (QED) is 0.448. The molecule has 2 nitrogen and oxygen atoms in total. The number of hydrogen-bond donors (Lipinski definition) is 2. The molecule has 4 rings (SSSR count). The van der Waals surface area contributed by atoms with Gasteiger partial charge in [-0.1, -0.05) is 75.6 Å². The van der Waals surface area contributed by atoms with Gasteiger partial charge in [0.25, 0.3) is 0 Å². The van der Waals surface area contributed by atoms with Crippen molar-refractivity contribution in [1.82, 2.24) is 0 Å². The van der Waals surface area contributed by atoms with Crippen LogP contribution in [0.25, 0.3) is 0 Å². The molecular weight excluding hydrogens is 419 g/mol. The molecule has 2 aliphatic rings. The van der Waals surface area contributed by atoms with Crippen molar-refractivity contribution >= 4 is 5.69 Å². The molecule has 0 amide bonds. The Bertz CT molecular complexity index is 930. The number of aryl methyl sites for hydroxylation is 1. The first-order valence-corrected chi connectivity index (χ1v) is 13.0. The molecule has 1 fully saturated rings. The zero-order valence-corrected chi connectivity index (χ0v) is 22.1. The van der Waals surface area contributed by atoms with E-state index < -0.39 is 0 Å². The van der Waals surface area contributed by atoms with Crippen molar-refractivity contribution in [1.29, 1.82) is 0 Å². The van der Waals surface area contributed by atoms with Gasteiger partial charge in [-0.05, 0) is 93.2 Å². The number of nitrogens with one attached hydrogen (secondary N) is 1. The summed E-state index contributed by atoms with van der Waals surface area (Å²) in [5.74, 6) is 0.482. The summed E-state index contributed by atoms with van der Waals surface area (Å²) in [5.41, 5.74) is 13.0. The van der Waals surface area contributed by atoms with Crippen molar-refractivity contribution in [3.05, 3.63) is 88.9 Å². The van der Waals surface area contributed by atoms with Gasteiger partial charge in [0.1, 0.15) is 5.82 Å². The van der Waals surface area contributed by atoms with Crippen LogP contribution in [0.3, 0.4) is 0 Å². The minimum absolute atomic E-state index is 0.201. The normalized spacial score (nSPS) is 21.9. The molecule has 34 heavy (non-hydrogen) atoms. The van der Waals surface area contributed by atoms with Gasteiger partial charge >= 0.3 is 0 Å². The number of hydrogen-bond acceptors (Lipinski definition) is 2. The number of fused-ring (bicyclic) bond motifs is 1. The zero-order valence-electron chi connectivity index (χ0n) is 22.1. The highest BCUT2D eigenvalue weighted by atomic mass is 19.1. The predicted octanol–water partition coefficient (Wildman–Crippen LogP) is 8.80. The summed E-state index contributed by atoms with van der Waals surface area (Å²) in [6.45, 7) is 12.9.